The number of amides is 1. The first kappa shape index (κ1) is 16.3. The highest BCUT2D eigenvalue weighted by atomic mass is 79.9. The monoisotopic (exact) mass is 409 g/mol. The van der Waals surface area contributed by atoms with Crippen LogP contribution in [0.2, 0.25) is 5.02 Å². The van der Waals surface area contributed by atoms with Crippen molar-refractivity contribution >= 4 is 60.5 Å². The third-order valence-corrected chi connectivity index (χ3v) is 5.64. The van der Waals surface area contributed by atoms with E-state index in [-0.39, 0.29) is 5.91 Å². The molecule has 2 aromatic carbocycles. The average Bonchev–Trinajstić information content (AvgIpc) is 2.86. The Hall–Kier alpha value is -1.56. The van der Waals surface area contributed by atoms with Crippen molar-refractivity contribution in [1.29, 1.82) is 0 Å². The fourth-order valence-electron chi connectivity index (χ4n) is 2.27. The van der Waals surface area contributed by atoms with Crippen molar-refractivity contribution < 1.29 is 9.53 Å². The van der Waals surface area contributed by atoms with Crippen molar-refractivity contribution in [1.82, 2.24) is 0 Å². The van der Waals surface area contributed by atoms with Gasteiger partial charge in [-0.25, -0.2) is 0 Å². The molecule has 3 nitrogen and oxygen atoms in total. The molecule has 118 valence electrons. The quantitative estimate of drug-likeness (QED) is 0.585. The van der Waals surface area contributed by atoms with Crippen molar-refractivity contribution in [2.75, 3.05) is 12.4 Å². The second-order valence-electron chi connectivity index (χ2n) is 5.02. The van der Waals surface area contributed by atoms with Crippen LogP contribution in [0.3, 0.4) is 0 Å². The van der Waals surface area contributed by atoms with Crippen LogP contribution in [0.1, 0.15) is 15.2 Å². The molecule has 3 rings (SSSR count). The summed E-state index contributed by atoms with van der Waals surface area (Å²) in [6.07, 6.45) is 0. The average molecular weight is 411 g/mol. The fraction of sp³-hybridized carbons (Fsp3) is 0.118. The highest BCUT2D eigenvalue weighted by Gasteiger charge is 2.18. The van der Waals surface area contributed by atoms with Crippen molar-refractivity contribution in [3.8, 4) is 5.75 Å². The van der Waals surface area contributed by atoms with E-state index >= 15 is 0 Å². The molecule has 6 heteroatoms. The zero-order valence-electron chi connectivity index (χ0n) is 12.4. The number of ether oxygens (including phenoxy) is 1. The van der Waals surface area contributed by atoms with Gasteiger partial charge in [0.2, 0.25) is 0 Å². The summed E-state index contributed by atoms with van der Waals surface area (Å²) in [4.78, 5) is 13.1. The van der Waals surface area contributed by atoms with Crippen molar-refractivity contribution in [3.05, 3.63) is 56.3 Å². The number of nitrogens with one attached hydrogen (secondary N) is 1. The largest absolute Gasteiger partial charge is 0.497 e. The van der Waals surface area contributed by atoms with Gasteiger partial charge in [-0.1, -0.05) is 27.5 Å². The van der Waals surface area contributed by atoms with Gasteiger partial charge in [0.25, 0.3) is 5.91 Å². The highest BCUT2D eigenvalue weighted by molar-refractivity contribution is 9.10. The number of hydrogen-bond donors (Lipinski definition) is 1. The molecule has 0 saturated carbocycles. The molecule has 0 atom stereocenters. The van der Waals surface area contributed by atoms with E-state index in [1.807, 2.05) is 43.3 Å². The number of methoxy groups -OCH3 is 1. The van der Waals surface area contributed by atoms with Crippen LogP contribution in [0.15, 0.2) is 40.9 Å². The van der Waals surface area contributed by atoms with Crippen molar-refractivity contribution in [2.45, 2.75) is 6.92 Å². The standard InChI is InChI=1S/C17H13BrClNO2S/c1-9-7-10(18)3-5-13(9)20-17(21)16-15(19)12-8-11(22-2)4-6-14(12)23-16/h3-8H,1-2H3,(H,20,21). The van der Waals surface area contributed by atoms with Crippen LogP contribution in [-0.4, -0.2) is 13.0 Å². The lowest BCUT2D eigenvalue weighted by atomic mass is 10.2. The number of benzene rings is 2. The van der Waals surface area contributed by atoms with Gasteiger partial charge in [0.15, 0.2) is 0 Å². The molecular formula is C17H13BrClNO2S. The predicted molar refractivity (Wildman–Crippen MR) is 100 cm³/mol. The summed E-state index contributed by atoms with van der Waals surface area (Å²) in [6.45, 7) is 1.94. The molecule has 0 bridgehead atoms. The SMILES string of the molecule is COc1ccc2sc(C(=O)Nc3ccc(Br)cc3C)c(Cl)c2c1. The molecule has 1 heterocycles. The Morgan fingerprint density at radius 2 is 2.04 bits per heavy atom. The van der Waals surface area contributed by atoms with Gasteiger partial charge in [-0.15, -0.1) is 11.3 Å². The first-order valence-corrected chi connectivity index (χ1v) is 8.82. The van der Waals surface area contributed by atoms with Crippen LogP contribution >= 0.6 is 38.9 Å². The van der Waals surface area contributed by atoms with E-state index in [4.69, 9.17) is 16.3 Å². The minimum absolute atomic E-state index is 0.208. The molecule has 0 fully saturated rings. The van der Waals surface area contributed by atoms with E-state index in [9.17, 15) is 4.79 Å². The smallest absolute Gasteiger partial charge is 0.267 e. The third kappa shape index (κ3) is 3.22. The molecular weight excluding hydrogens is 398 g/mol. The number of rotatable bonds is 3. The molecule has 0 radical (unpaired) electrons. The molecule has 1 amide bonds. The molecule has 1 N–H and O–H groups in total. The highest BCUT2D eigenvalue weighted by Crippen LogP contribution is 2.37. The molecule has 1 aromatic heterocycles. The minimum atomic E-state index is -0.208. The normalized spacial score (nSPS) is 10.8. The van der Waals surface area contributed by atoms with Gasteiger partial charge in [0.05, 0.1) is 12.1 Å². The van der Waals surface area contributed by atoms with Crippen LogP contribution < -0.4 is 10.1 Å². The van der Waals surface area contributed by atoms with Gasteiger partial charge >= 0.3 is 0 Å². The van der Waals surface area contributed by atoms with Gasteiger partial charge in [0, 0.05) is 20.2 Å². The molecule has 23 heavy (non-hydrogen) atoms. The maximum Gasteiger partial charge on any atom is 0.267 e. The van der Waals surface area contributed by atoms with E-state index in [2.05, 4.69) is 21.2 Å². The molecule has 0 aliphatic heterocycles. The Kier molecular flexibility index (Phi) is 4.62. The third-order valence-electron chi connectivity index (χ3n) is 3.48. The zero-order chi connectivity index (χ0) is 16.6. The number of thiophene rings is 1. The summed E-state index contributed by atoms with van der Waals surface area (Å²) in [5, 5.41) is 4.20. The Balaban J connectivity index is 1.96. The number of anilines is 1. The summed E-state index contributed by atoms with van der Waals surface area (Å²) >= 11 is 11.2. The Labute approximate surface area is 151 Å². The number of hydrogen-bond acceptors (Lipinski definition) is 3. The van der Waals surface area contributed by atoms with Crippen molar-refractivity contribution in [2.24, 2.45) is 0 Å². The first-order chi connectivity index (χ1) is 11.0. The predicted octanol–water partition coefficient (Wildman–Crippen LogP) is 5.89. The Bertz CT molecular complexity index is 907. The maximum absolute atomic E-state index is 12.6. The van der Waals surface area contributed by atoms with Gasteiger partial charge in [0.1, 0.15) is 10.6 Å². The van der Waals surface area contributed by atoms with Crippen LogP contribution in [-0.2, 0) is 0 Å². The van der Waals surface area contributed by atoms with E-state index in [0.29, 0.717) is 15.6 Å². The molecule has 0 spiro atoms. The molecule has 0 saturated heterocycles. The lowest BCUT2D eigenvalue weighted by Gasteiger charge is -2.08. The van der Waals surface area contributed by atoms with Gasteiger partial charge in [-0.3, -0.25) is 4.79 Å². The number of halogens is 2. The number of aryl methyl sites for hydroxylation is 1. The summed E-state index contributed by atoms with van der Waals surface area (Å²) in [7, 11) is 1.60. The lowest BCUT2D eigenvalue weighted by molar-refractivity contribution is 0.103. The maximum atomic E-state index is 12.6. The van der Waals surface area contributed by atoms with Gasteiger partial charge in [-0.05, 0) is 48.9 Å². The summed E-state index contributed by atoms with van der Waals surface area (Å²) in [5.41, 5.74) is 1.75. The minimum Gasteiger partial charge on any atom is -0.497 e. The second kappa shape index (κ2) is 6.51. The number of carbonyl (C=O) groups excluding carboxylic acids is 1. The Morgan fingerprint density at radius 1 is 1.26 bits per heavy atom. The molecule has 0 aliphatic rings. The summed E-state index contributed by atoms with van der Waals surface area (Å²) in [5.74, 6) is 0.508. The van der Waals surface area contributed by atoms with Gasteiger partial charge < -0.3 is 10.1 Å². The second-order valence-corrected chi connectivity index (χ2v) is 7.37. The zero-order valence-corrected chi connectivity index (χ0v) is 15.6. The lowest BCUT2D eigenvalue weighted by Crippen LogP contribution is -2.11. The van der Waals surface area contributed by atoms with Gasteiger partial charge in [-0.2, -0.15) is 0 Å². The molecule has 0 aliphatic carbocycles. The number of fused-ring (bicyclic) bond motifs is 1. The Morgan fingerprint density at radius 3 is 2.74 bits per heavy atom. The van der Waals surface area contributed by atoms with Crippen molar-refractivity contribution in [3.63, 3.8) is 0 Å². The molecule has 3 aromatic rings. The molecule has 0 unspecified atom stereocenters. The van der Waals surface area contributed by atoms with Crippen LogP contribution in [0, 0.1) is 6.92 Å². The van der Waals surface area contributed by atoms with E-state index in [1.54, 1.807) is 7.11 Å². The fourth-order valence-corrected chi connectivity index (χ4v) is 4.13. The van der Waals surface area contributed by atoms with E-state index in [1.165, 1.54) is 11.3 Å². The van der Waals surface area contributed by atoms with Crippen LogP contribution in [0.5, 0.6) is 5.75 Å². The number of carbonyl (C=O) groups is 1. The van der Waals surface area contributed by atoms with E-state index in [0.717, 1.165) is 25.8 Å². The summed E-state index contributed by atoms with van der Waals surface area (Å²) in [6, 6.07) is 11.3. The van der Waals surface area contributed by atoms with Crippen LogP contribution in [0.4, 0.5) is 5.69 Å². The topological polar surface area (TPSA) is 38.3 Å². The first-order valence-electron chi connectivity index (χ1n) is 6.83. The summed E-state index contributed by atoms with van der Waals surface area (Å²) < 4.78 is 7.14. The van der Waals surface area contributed by atoms with Crippen LogP contribution in [0.25, 0.3) is 10.1 Å². The van der Waals surface area contributed by atoms with E-state index < -0.39 is 0 Å².